The van der Waals surface area contributed by atoms with Crippen molar-refractivity contribution in [1.29, 1.82) is 0 Å². The zero-order chi connectivity index (χ0) is 20.5. The van der Waals surface area contributed by atoms with Crippen molar-refractivity contribution in [3.05, 3.63) is 69.4 Å². The predicted molar refractivity (Wildman–Crippen MR) is 113 cm³/mol. The molecule has 1 saturated heterocycles. The Bertz CT molecular complexity index is 1050. The van der Waals surface area contributed by atoms with Crippen LogP contribution in [0, 0.1) is 0 Å². The van der Waals surface area contributed by atoms with Gasteiger partial charge in [0, 0.05) is 22.0 Å². The Hall–Kier alpha value is -2.97. The summed E-state index contributed by atoms with van der Waals surface area (Å²) in [7, 11) is 0. The van der Waals surface area contributed by atoms with Crippen molar-refractivity contribution in [1.82, 2.24) is 4.98 Å². The summed E-state index contributed by atoms with van der Waals surface area (Å²) >= 11 is 2.69. The number of thiophene rings is 1. The molecule has 0 spiro atoms. The molecule has 3 aromatic rings. The Morgan fingerprint density at radius 1 is 1.14 bits per heavy atom. The van der Waals surface area contributed by atoms with Crippen LogP contribution in [0.15, 0.2) is 58.9 Å². The van der Waals surface area contributed by atoms with Crippen LogP contribution in [0.3, 0.4) is 0 Å². The van der Waals surface area contributed by atoms with E-state index in [-0.39, 0.29) is 17.4 Å². The van der Waals surface area contributed by atoms with Crippen LogP contribution in [0.1, 0.15) is 30.3 Å². The van der Waals surface area contributed by atoms with Crippen LogP contribution in [-0.4, -0.2) is 27.9 Å². The Labute approximate surface area is 175 Å². The van der Waals surface area contributed by atoms with E-state index in [0.29, 0.717) is 16.4 Å². The van der Waals surface area contributed by atoms with Gasteiger partial charge in [-0.1, -0.05) is 6.07 Å². The highest BCUT2D eigenvalue weighted by molar-refractivity contribution is 7.14. The van der Waals surface area contributed by atoms with Gasteiger partial charge in [-0.15, -0.1) is 22.7 Å². The summed E-state index contributed by atoms with van der Waals surface area (Å²) in [6, 6.07) is 9.78. The van der Waals surface area contributed by atoms with Crippen molar-refractivity contribution in [3.8, 4) is 5.75 Å². The summed E-state index contributed by atoms with van der Waals surface area (Å²) in [5.74, 6) is -0.968. The summed E-state index contributed by atoms with van der Waals surface area (Å²) in [5, 5.41) is 15.0. The monoisotopic (exact) mass is 426 g/mol. The van der Waals surface area contributed by atoms with Gasteiger partial charge in [-0.2, -0.15) is 0 Å². The number of aliphatic hydroxyl groups excluding tert-OH is 1. The molecule has 1 N–H and O–H groups in total. The third kappa shape index (κ3) is 3.56. The number of aromatic nitrogens is 1. The van der Waals surface area contributed by atoms with Gasteiger partial charge in [0.15, 0.2) is 5.13 Å². The molecule has 1 atom stereocenters. The van der Waals surface area contributed by atoms with Gasteiger partial charge < -0.3 is 9.84 Å². The minimum Gasteiger partial charge on any atom is -0.507 e. The molecule has 1 aliphatic heterocycles. The van der Waals surface area contributed by atoms with Crippen LogP contribution in [-0.2, 0) is 9.59 Å². The van der Waals surface area contributed by atoms with E-state index in [1.807, 2.05) is 31.4 Å². The SMILES string of the molecule is CC(C)Oc1ccc(/C(O)=C2/C(=O)C(=O)N(c3nccs3)C2c2cccs2)cc1. The maximum atomic E-state index is 12.9. The summed E-state index contributed by atoms with van der Waals surface area (Å²) < 4.78 is 5.63. The molecule has 0 bridgehead atoms. The van der Waals surface area contributed by atoms with Crippen LogP contribution in [0.25, 0.3) is 5.76 Å². The number of rotatable bonds is 5. The Morgan fingerprint density at radius 3 is 2.48 bits per heavy atom. The normalized spacial score (nSPS) is 18.6. The van der Waals surface area contributed by atoms with E-state index in [9.17, 15) is 14.7 Å². The standard InChI is InChI=1S/C21H18N2O4S2/c1-12(2)27-14-7-5-13(6-8-14)18(24)16-17(15-4-3-10-28-15)23(20(26)19(16)25)21-22-9-11-29-21/h3-12,17,24H,1-2H3/b18-16-. The molecule has 8 heteroatoms. The van der Waals surface area contributed by atoms with E-state index < -0.39 is 17.7 Å². The van der Waals surface area contributed by atoms with E-state index in [2.05, 4.69) is 4.98 Å². The van der Waals surface area contributed by atoms with Crippen molar-refractivity contribution in [2.24, 2.45) is 0 Å². The number of ketones is 1. The quantitative estimate of drug-likeness (QED) is 0.366. The van der Waals surface area contributed by atoms with Crippen molar-refractivity contribution in [3.63, 3.8) is 0 Å². The van der Waals surface area contributed by atoms with Crippen molar-refractivity contribution < 1.29 is 19.4 Å². The molecule has 29 heavy (non-hydrogen) atoms. The molecule has 1 aromatic carbocycles. The molecule has 1 aliphatic rings. The van der Waals surface area contributed by atoms with E-state index >= 15 is 0 Å². The van der Waals surface area contributed by atoms with E-state index in [0.717, 1.165) is 4.88 Å². The number of hydrogen-bond donors (Lipinski definition) is 1. The number of amides is 1. The topological polar surface area (TPSA) is 79.7 Å². The lowest BCUT2D eigenvalue weighted by molar-refractivity contribution is -0.132. The molecule has 1 amide bonds. The van der Waals surface area contributed by atoms with Gasteiger partial charge >= 0.3 is 5.91 Å². The molecule has 6 nitrogen and oxygen atoms in total. The van der Waals surface area contributed by atoms with E-state index in [1.165, 1.54) is 27.6 Å². The number of carbonyl (C=O) groups is 2. The smallest absolute Gasteiger partial charge is 0.301 e. The second-order valence-electron chi connectivity index (χ2n) is 6.69. The molecule has 2 aromatic heterocycles. The first-order valence-corrected chi connectivity index (χ1v) is 10.7. The van der Waals surface area contributed by atoms with Gasteiger partial charge in [0.25, 0.3) is 5.78 Å². The van der Waals surface area contributed by atoms with Crippen molar-refractivity contribution >= 4 is 45.3 Å². The zero-order valence-corrected chi connectivity index (χ0v) is 17.4. The molecule has 1 fully saturated rings. The lowest BCUT2D eigenvalue weighted by Crippen LogP contribution is -2.28. The van der Waals surface area contributed by atoms with Crippen LogP contribution < -0.4 is 9.64 Å². The van der Waals surface area contributed by atoms with Crippen molar-refractivity contribution in [2.45, 2.75) is 26.0 Å². The summed E-state index contributed by atoms with van der Waals surface area (Å²) in [5.41, 5.74) is 0.505. The molecule has 148 valence electrons. The lowest BCUT2D eigenvalue weighted by Gasteiger charge is -2.21. The average molecular weight is 427 g/mol. The van der Waals surface area contributed by atoms with E-state index in [4.69, 9.17) is 4.74 Å². The summed E-state index contributed by atoms with van der Waals surface area (Å²) in [4.78, 5) is 32.0. The third-order valence-electron chi connectivity index (χ3n) is 4.38. The van der Waals surface area contributed by atoms with Gasteiger partial charge in [-0.3, -0.25) is 14.5 Å². The van der Waals surface area contributed by atoms with Gasteiger partial charge in [0.1, 0.15) is 17.6 Å². The Kier molecular flexibility index (Phi) is 5.21. The number of benzene rings is 1. The van der Waals surface area contributed by atoms with Crippen LogP contribution in [0.5, 0.6) is 5.75 Å². The van der Waals surface area contributed by atoms with Gasteiger partial charge in [-0.25, -0.2) is 4.98 Å². The first-order chi connectivity index (χ1) is 14.0. The molecule has 0 aliphatic carbocycles. The van der Waals surface area contributed by atoms with Crippen LogP contribution >= 0.6 is 22.7 Å². The first kappa shape index (κ1) is 19.4. The average Bonchev–Trinajstić information content (AvgIpc) is 3.44. The molecule has 0 saturated carbocycles. The maximum Gasteiger partial charge on any atom is 0.301 e. The molecule has 1 unspecified atom stereocenters. The number of Topliss-reactive ketones (excluding diaryl/α,β-unsaturated/α-hetero) is 1. The first-order valence-electron chi connectivity index (χ1n) is 8.98. The number of thiazole rings is 1. The number of carbonyl (C=O) groups excluding carboxylic acids is 2. The minimum atomic E-state index is -0.724. The molecular formula is C21H18N2O4S2. The zero-order valence-electron chi connectivity index (χ0n) is 15.7. The number of ether oxygens (including phenoxy) is 1. The highest BCUT2D eigenvalue weighted by Gasteiger charge is 2.48. The highest BCUT2D eigenvalue weighted by Crippen LogP contribution is 2.44. The largest absolute Gasteiger partial charge is 0.507 e. The second-order valence-corrected chi connectivity index (χ2v) is 8.54. The third-order valence-corrected chi connectivity index (χ3v) is 6.08. The number of hydrogen-bond acceptors (Lipinski definition) is 7. The van der Waals surface area contributed by atoms with Crippen LogP contribution in [0.4, 0.5) is 5.13 Å². The van der Waals surface area contributed by atoms with Crippen LogP contribution in [0.2, 0.25) is 0 Å². The number of nitrogens with zero attached hydrogens (tertiary/aromatic N) is 2. The highest BCUT2D eigenvalue weighted by atomic mass is 32.1. The molecular weight excluding hydrogens is 408 g/mol. The maximum absolute atomic E-state index is 12.9. The molecule has 3 heterocycles. The number of aliphatic hydroxyl groups is 1. The van der Waals surface area contributed by atoms with Gasteiger partial charge in [0.2, 0.25) is 0 Å². The van der Waals surface area contributed by atoms with Gasteiger partial charge in [-0.05, 0) is 49.6 Å². The second kappa shape index (κ2) is 7.81. The molecule has 4 rings (SSSR count). The predicted octanol–water partition coefficient (Wildman–Crippen LogP) is 4.62. The fraction of sp³-hybridized carbons (Fsp3) is 0.190. The molecule has 0 radical (unpaired) electrons. The van der Waals surface area contributed by atoms with Crippen molar-refractivity contribution in [2.75, 3.05) is 4.90 Å². The summed E-state index contributed by atoms with van der Waals surface area (Å²) in [6.07, 6.45) is 1.61. The fourth-order valence-corrected chi connectivity index (χ4v) is 4.69. The Morgan fingerprint density at radius 2 is 1.90 bits per heavy atom. The Balaban J connectivity index is 1.81. The van der Waals surface area contributed by atoms with E-state index in [1.54, 1.807) is 35.8 Å². The lowest BCUT2D eigenvalue weighted by atomic mass is 10.00. The minimum absolute atomic E-state index is 0.0249. The fourth-order valence-electron chi connectivity index (χ4n) is 3.20. The van der Waals surface area contributed by atoms with Gasteiger partial charge in [0.05, 0.1) is 11.7 Å². The number of anilines is 1. The summed E-state index contributed by atoms with van der Waals surface area (Å²) in [6.45, 7) is 3.85.